The van der Waals surface area contributed by atoms with Gasteiger partial charge in [0.05, 0.1) is 24.9 Å². The number of ether oxygens (including phenoxy) is 3. The Kier molecular flexibility index (Phi) is 5.87. The normalized spacial score (nSPS) is 25.8. The van der Waals surface area contributed by atoms with Crippen LogP contribution in [0.1, 0.15) is 24.8 Å². The molecule has 7 heteroatoms. The lowest BCUT2D eigenvalue weighted by atomic mass is 9.96. The molecule has 0 radical (unpaired) electrons. The highest BCUT2D eigenvalue weighted by Gasteiger charge is 2.41. The largest absolute Gasteiger partial charge is 0.475 e. The molecule has 0 aromatic carbocycles. The molecule has 2 fully saturated rings. The summed E-state index contributed by atoms with van der Waals surface area (Å²) in [7, 11) is 3.43. The van der Waals surface area contributed by atoms with Crippen molar-refractivity contribution in [2.24, 2.45) is 4.99 Å². The second-order valence-corrected chi connectivity index (χ2v) is 6.10. The smallest absolute Gasteiger partial charge is 0.218 e. The van der Waals surface area contributed by atoms with E-state index in [1.807, 2.05) is 12.1 Å². The minimum Gasteiger partial charge on any atom is -0.475 e. The molecule has 2 bridgehead atoms. The van der Waals surface area contributed by atoms with Crippen LogP contribution in [-0.2, 0) is 16.0 Å². The van der Waals surface area contributed by atoms with Gasteiger partial charge in [-0.05, 0) is 25.3 Å². The van der Waals surface area contributed by atoms with E-state index in [1.54, 1.807) is 20.4 Å². The fraction of sp³-hybridized carbons (Fsp3) is 0.647. The molecule has 3 atom stereocenters. The van der Waals surface area contributed by atoms with E-state index >= 15 is 0 Å². The van der Waals surface area contributed by atoms with Gasteiger partial charge in [-0.25, -0.2) is 4.98 Å². The van der Waals surface area contributed by atoms with Crippen molar-refractivity contribution < 1.29 is 14.2 Å². The number of aliphatic imine (C=N–C) groups is 1. The van der Waals surface area contributed by atoms with Crippen LogP contribution in [0, 0.1) is 0 Å². The molecule has 3 heterocycles. The fourth-order valence-corrected chi connectivity index (χ4v) is 3.25. The summed E-state index contributed by atoms with van der Waals surface area (Å²) in [5, 5.41) is 6.81. The van der Waals surface area contributed by atoms with Crippen molar-refractivity contribution in [2.75, 3.05) is 27.4 Å². The number of pyridine rings is 1. The summed E-state index contributed by atoms with van der Waals surface area (Å²) in [6.07, 6.45) is 5.85. The number of fused-ring (bicyclic) bond motifs is 2. The van der Waals surface area contributed by atoms with Gasteiger partial charge in [0.2, 0.25) is 5.88 Å². The van der Waals surface area contributed by atoms with E-state index in [4.69, 9.17) is 14.2 Å². The van der Waals surface area contributed by atoms with Crippen LogP contribution < -0.4 is 15.4 Å². The number of hydrogen-bond donors (Lipinski definition) is 2. The molecule has 24 heavy (non-hydrogen) atoms. The summed E-state index contributed by atoms with van der Waals surface area (Å²) < 4.78 is 16.5. The summed E-state index contributed by atoms with van der Waals surface area (Å²) >= 11 is 0. The molecular formula is C17H26N4O3. The molecule has 0 aliphatic carbocycles. The maximum atomic E-state index is 5.88. The molecule has 2 saturated heterocycles. The van der Waals surface area contributed by atoms with Gasteiger partial charge in [-0.1, -0.05) is 6.07 Å². The number of aromatic nitrogens is 1. The second kappa shape index (κ2) is 8.30. The SMILES string of the molecule is CN=C(NCc1cccnc1OCCOC)NC1CC2CCC1O2. The van der Waals surface area contributed by atoms with Crippen LogP contribution in [0.15, 0.2) is 23.3 Å². The highest BCUT2D eigenvalue weighted by molar-refractivity contribution is 5.80. The van der Waals surface area contributed by atoms with Crippen LogP contribution in [0.25, 0.3) is 0 Å². The molecule has 7 nitrogen and oxygen atoms in total. The van der Waals surface area contributed by atoms with Crippen molar-refractivity contribution in [1.29, 1.82) is 0 Å². The maximum absolute atomic E-state index is 5.88. The first kappa shape index (κ1) is 17.0. The summed E-state index contributed by atoms with van der Waals surface area (Å²) in [5.74, 6) is 1.41. The van der Waals surface area contributed by atoms with Crippen LogP contribution in [0.2, 0.25) is 0 Å². The van der Waals surface area contributed by atoms with Gasteiger partial charge >= 0.3 is 0 Å². The first-order chi connectivity index (χ1) is 11.8. The van der Waals surface area contributed by atoms with Crippen molar-refractivity contribution in [3.63, 3.8) is 0 Å². The highest BCUT2D eigenvalue weighted by atomic mass is 16.5. The van der Waals surface area contributed by atoms with Gasteiger partial charge < -0.3 is 24.8 Å². The van der Waals surface area contributed by atoms with E-state index in [0.29, 0.717) is 43.9 Å². The van der Waals surface area contributed by atoms with Crippen molar-refractivity contribution in [3.8, 4) is 5.88 Å². The van der Waals surface area contributed by atoms with Gasteiger partial charge in [0.1, 0.15) is 6.61 Å². The lowest BCUT2D eigenvalue weighted by Crippen LogP contribution is -2.47. The number of guanidine groups is 1. The van der Waals surface area contributed by atoms with Crippen molar-refractivity contribution >= 4 is 5.96 Å². The minimum atomic E-state index is 0.319. The first-order valence-electron chi connectivity index (χ1n) is 8.48. The van der Waals surface area contributed by atoms with Gasteiger partial charge in [0.15, 0.2) is 5.96 Å². The molecule has 3 rings (SSSR count). The predicted octanol–water partition coefficient (Wildman–Crippen LogP) is 1.09. The van der Waals surface area contributed by atoms with Crippen LogP contribution in [0.3, 0.4) is 0 Å². The van der Waals surface area contributed by atoms with Gasteiger partial charge in [0.25, 0.3) is 0 Å². The van der Waals surface area contributed by atoms with Crippen molar-refractivity contribution in [3.05, 3.63) is 23.9 Å². The Bertz CT molecular complexity index is 567. The zero-order valence-electron chi connectivity index (χ0n) is 14.3. The van der Waals surface area contributed by atoms with E-state index in [9.17, 15) is 0 Å². The van der Waals surface area contributed by atoms with Crippen LogP contribution in [0.4, 0.5) is 0 Å². The quantitative estimate of drug-likeness (QED) is 0.442. The Balaban J connectivity index is 1.52. The topological polar surface area (TPSA) is 77.0 Å². The number of hydrogen-bond acceptors (Lipinski definition) is 5. The predicted molar refractivity (Wildman–Crippen MR) is 91.2 cm³/mol. The van der Waals surface area contributed by atoms with Crippen LogP contribution >= 0.6 is 0 Å². The Morgan fingerprint density at radius 3 is 3.04 bits per heavy atom. The number of nitrogens with one attached hydrogen (secondary N) is 2. The average molecular weight is 334 g/mol. The third kappa shape index (κ3) is 4.15. The van der Waals surface area contributed by atoms with Crippen molar-refractivity contribution in [1.82, 2.24) is 15.6 Å². The summed E-state index contributed by atoms with van der Waals surface area (Å²) in [5.41, 5.74) is 0.987. The third-order valence-electron chi connectivity index (χ3n) is 4.47. The fourth-order valence-electron chi connectivity index (χ4n) is 3.25. The molecule has 2 aliphatic heterocycles. The number of nitrogens with zero attached hydrogens (tertiary/aromatic N) is 2. The Hall–Kier alpha value is -1.86. The summed E-state index contributed by atoms with van der Waals surface area (Å²) in [6.45, 7) is 1.62. The molecule has 3 unspecified atom stereocenters. The zero-order valence-corrected chi connectivity index (χ0v) is 14.3. The lowest BCUT2D eigenvalue weighted by Gasteiger charge is -2.22. The number of rotatable bonds is 7. The van der Waals surface area contributed by atoms with Gasteiger partial charge in [-0.15, -0.1) is 0 Å². The average Bonchev–Trinajstić information content (AvgIpc) is 3.22. The monoisotopic (exact) mass is 334 g/mol. The molecule has 0 spiro atoms. The van der Waals surface area contributed by atoms with E-state index in [2.05, 4.69) is 20.6 Å². The highest BCUT2D eigenvalue weighted by Crippen LogP contribution is 2.34. The van der Waals surface area contributed by atoms with Crippen molar-refractivity contribution in [2.45, 2.75) is 44.1 Å². The van der Waals surface area contributed by atoms with E-state index in [1.165, 1.54) is 6.42 Å². The second-order valence-electron chi connectivity index (χ2n) is 6.10. The molecule has 0 amide bonds. The number of methoxy groups -OCH3 is 1. The van der Waals surface area contributed by atoms with Crippen LogP contribution in [0.5, 0.6) is 5.88 Å². The van der Waals surface area contributed by atoms with E-state index in [-0.39, 0.29) is 0 Å². The minimum absolute atomic E-state index is 0.319. The van der Waals surface area contributed by atoms with Gasteiger partial charge in [0, 0.05) is 32.5 Å². The first-order valence-corrected chi connectivity index (χ1v) is 8.48. The Morgan fingerprint density at radius 2 is 2.33 bits per heavy atom. The molecular weight excluding hydrogens is 308 g/mol. The molecule has 2 N–H and O–H groups in total. The molecule has 132 valence electrons. The standard InChI is InChI=1S/C17H26N4O3/c1-18-17(21-14-10-13-5-6-15(14)24-13)20-11-12-4-3-7-19-16(12)23-9-8-22-2/h3-4,7,13-15H,5-6,8-11H2,1-2H3,(H2,18,20,21). The molecule has 1 aromatic heterocycles. The maximum Gasteiger partial charge on any atom is 0.218 e. The lowest BCUT2D eigenvalue weighted by molar-refractivity contribution is 0.0992. The van der Waals surface area contributed by atoms with Gasteiger partial charge in [-0.3, -0.25) is 4.99 Å². The molecule has 2 aliphatic rings. The Labute approximate surface area is 142 Å². The summed E-state index contributed by atoms with van der Waals surface area (Å²) in [6, 6.07) is 4.25. The van der Waals surface area contributed by atoms with E-state index in [0.717, 1.165) is 24.4 Å². The van der Waals surface area contributed by atoms with E-state index < -0.39 is 0 Å². The molecule has 1 aromatic rings. The third-order valence-corrected chi connectivity index (χ3v) is 4.47. The van der Waals surface area contributed by atoms with Crippen LogP contribution in [-0.4, -0.2) is 56.6 Å². The molecule has 0 saturated carbocycles. The zero-order chi connectivity index (χ0) is 16.8. The summed E-state index contributed by atoms with van der Waals surface area (Å²) in [4.78, 5) is 8.60. The Morgan fingerprint density at radius 1 is 1.42 bits per heavy atom. The van der Waals surface area contributed by atoms with Gasteiger partial charge in [-0.2, -0.15) is 0 Å².